The lowest BCUT2D eigenvalue weighted by molar-refractivity contribution is 0.0000542. The van der Waals surface area contributed by atoms with Gasteiger partial charge >= 0.3 is 0 Å². The zero-order valence-electron chi connectivity index (χ0n) is 19.4. The molecular weight excluding hydrogens is 416 g/mol. The number of rotatable bonds is 4. The van der Waals surface area contributed by atoms with E-state index in [2.05, 4.69) is 37.5 Å². The van der Waals surface area contributed by atoms with Crippen molar-refractivity contribution in [3.63, 3.8) is 0 Å². The number of hydrogen-bond donors (Lipinski definition) is 1. The summed E-state index contributed by atoms with van der Waals surface area (Å²) in [5.74, 6) is 1.61. The van der Waals surface area contributed by atoms with E-state index < -0.39 is 0 Å². The number of pyridine rings is 1. The van der Waals surface area contributed by atoms with Crippen LogP contribution in [0, 0.1) is 6.92 Å². The fourth-order valence-corrected chi connectivity index (χ4v) is 4.76. The van der Waals surface area contributed by atoms with Crippen LogP contribution in [0.3, 0.4) is 0 Å². The average molecular weight is 447 g/mol. The number of amides is 1. The summed E-state index contributed by atoms with van der Waals surface area (Å²) < 4.78 is 8.56. The topological polar surface area (TPSA) is 85.2 Å². The number of piperidine rings is 1. The van der Waals surface area contributed by atoms with Gasteiger partial charge < -0.3 is 10.1 Å². The molecule has 0 bridgehead atoms. The standard InChI is InChI=1S/C25H30N6O2/c1-17(2)26-24(32)23-29-28-22-15-25(33-21-10-5-4-9-20(21)31(22)23)11-13-30(14-12-25)16-19-8-6-7-18(3)27-19/h4-10,17H,11-16H2,1-3H3,(H,26,32). The average Bonchev–Trinajstić information content (AvgIpc) is 3.13. The molecule has 3 aromatic rings. The van der Waals surface area contributed by atoms with Gasteiger partial charge in [-0.05, 0) is 45.0 Å². The van der Waals surface area contributed by atoms with Crippen LogP contribution in [-0.2, 0) is 13.0 Å². The number of aromatic nitrogens is 4. The number of benzene rings is 1. The van der Waals surface area contributed by atoms with E-state index in [4.69, 9.17) is 4.74 Å². The van der Waals surface area contributed by atoms with Crippen LogP contribution >= 0.6 is 0 Å². The van der Waals surface area contributed by atoms with Crippen LogP contribution in [0.15, 0.2) is 42.5 Å². The third kappa shape index (κ3) is 4.35. The van der Waals surface area contributed by atoms with Crippen molar-refractivity contribution in [1.29, 1.82) is 0 Å². The Labute approximate surface area is 194 Å². The van der Waals surface area contributed by atoms with Crippen LogP contribution in [0.1, 0.15) is 54.5 Å². The van der Waals surface area contributed by atoms with Gasteiger partial charge in [-0.15, -0.1) is 10.2 Å². The molecule has 4 heterocycles. The van der Waals surface area contributed by atoms with Gasteiger partial charge in [0.05, 0.1) is 11.4 Å². The summed E-state index contributed by atoms with van der Waals surface area (Å²) in [6.45, 7) is 8.55. The fraction of sp³-hybridized carbons (Fsp3) is 0.440. The maximum Gasteiger partial charge on any atom is 0.289 e. The first kappa shape index (κ1) is 21.6. The third-order valence-electron chi connectivity index (χ3n) is 6.36. The molecule has 1 spiro atoms. The van der Waals surface area contributed by atoms with E-state index in [0.717, 1.165) is 61.1 Å². The molecule has 1 saturated heterocycles. The van der Waals surface area contributed by atoms with Gasteiger partial charge in [0.2, 0.25) is 5.82 Å². The monoisotopic (exact) mass is 446 g/mol. The molecule has 33 heavy (non-hydrogen) atoms. The molecule has 0 radical (unpaired) electrons. The molecule has 172 valence electrons. The first-order valence-corrected chi connectivity index (χ1v) is 11.6. The van der Waals surface area contributed by atoms with Crippen LogP contribution in [0.2, 0.25) is 0 Å². The largest absolute Gasteiger partial charge is 0.485 e. The molecule has 2 aromatic heterocycles. The van der Waals surface area contributed by atoms with Crippen LogP contribution in [0.5, 0.6) is 5.75 Å². The zero-order valence-corrected chi connectivity index (χ0v) is 19.4. The minimum absolute atomic E-state index is 0.0151. The Hall–Kier alpha value is -3.26. The van der Waals surface area contributed by atoms with Crippen LogP contribution < -0.4 is 10.1 Å². The van der Waals surface area contributed by atoms with Crippen LogP contribution in [0.25, 0.3) is 5.69 Å². The first-order valence-electron chi connectivity index (χ1n) is 11.6. The summed E-state index contributed by atoms with van der Waals surface area (Å²) in [6, 6.07) is 14.0. The summed E-state index contributed by atoms with van der Waals surface area (Å²) in [5, 5.41) is 11.6. The van der Waals surface area contributed by atoms with Crippen molar-refractivity contribution < 1.29 is 9.53 Å². The minimum Gasteiger partial charge on any atom is -0.485 e. The highest BCUT2D eigenvalue weighted by atomic mass is 16.5. The molecule has 1 fully saturated rings. The Balaban J connectivity index is 1.41. The maximum atomic E-state index is 12.8. The second-order valence-electron chi connectivity index (χ2n) is 9.38. The predicted molar refractivity (Wildman–Crippen MR) is 125 cm³/mol. The van der Waals surface area contributed by atoms with E-state index in [1.807, 2.05) is 55.7 Å². The molecular formula is C25H30N6O2. The fourth-order valence-electron chi connectivity index (χ4n) is 4.76. The van der Waals surface area contributed by atoms with E-state index >= 15 is 0 Å². The number of nitrogens with one attached hydrogen (secondary N) is 1. The molecule has 8 heteroatoms. The lowest BCUT2D eigenvalue weighted by atomic mass is 9.87. The van der Waals surface area contributed by atoms with Crippen LogP contribution in [0.4, 0.5) is 0 Å². The molecule has 1 aromatic carbocycles. The highest BCUT2D eigenvalue weighted by Gasteiger charge is 2.42. The highest BCUT2D eigenvalue weighted by molar-refractivity contribution is 5.91. The van der Waals surface area contributed by atoms with Crippen molar-refractivity contribution in [2.45, 2.75) is 58.2 Å². The number of fused-ring (bicyclic) bond motifs is 3. The minimum atomic E-state index is -0.375. The Morgan fingerprint density at radius 1 is 1.12 bits per heavy atom. The molecule has 0 saturated carbocycles. The summed E-state index contributed by atoms with van der Waals surface area (Å²) in [5.41, 5.74) is 2.58. The van der Waals surface area contributed by atoms with Gasteiger partial charge in [-0.2, -0.15) is 0 Å². The molecule has 2 aliphatic rings. The quantitative estimate of drug-likeness (QED) is 0.663. The van der Waals surface area contributed by atoms with Crippen molar-refractivity contribution in [1.82, 2.24) is 30.0 Å². The van der Waals surface area contributed by atoms with Gasteiger partial charge in [-0.3, -0.25) is 19.2 Å². The van der Waals surface area contributed by atoms with Crippen LogP contribution in [-0.4, -0.2) is 55.3 Å². The van der Waals surface area contributed by atoms with Crippen molar-refractivity contribution in [2.75, 3.05) is 13.1 Å². The van der Waals surface area contributed by atoms with Gasteiger partial charge in [0.15, 0.2) is 0 Å². The Bertz CT molecular complexity index is 1160. The Morgan fingerprint density at radius 3 is 2.67 bits per heavy atom. The second-order valence-corrected chi connectivity index (χ2v) is 9.38. The van der Waals surface area contributed by atoms with E-state index in [0.29, 0.717) is 12.2 Å². The smallest absolute Gasteiger partial charge is 0.289 e. The van der Waals surface area contributed by atoms with E-state index in [9.17, 15) is 4.79 Å². The van der Waals surface area contributed by atoms with E-state index in [1.165, 1.54) is 0 Å². The highest BCUT2D eigenvalue weighted by Crippen LogP contribution is 2.39. The van der Waals surface area contributed by atoms with Crippen molar-refractivity contribution in [3.8, 4) is 11.4 Å². The number of aryl methyl sites for hydroxylation is 1. The molecule has 8 nitrogen and oxygen atoms in total. The molecule has 0 atom stereocenters. The number of carbonyl (C=O) groups is 1. The van der Waals surface area contributed by atoms with Gasteiger partial charge in [-0.25, -0.2) is 0 Å². The molecule has 1 N–H and O–H groups in total. The third-order valence-corrected chi connectivity index (χ3v) is 6.36. The normalized spacial score (nSPS) is 17.2. The number of hydrogen-bond acceptors (Lipinski definition) is 6. The van der Waals surface area contributed by atoms with Gasteiger partial charge in [-0.1, -0.05) is 18.2 Å². The number of likely N-dealkylation sites (tertiary alicyclic amines) is 1. The number of nitrogens with zero attached hydrogens (tertiary/aromatic N) is 5. The van der Waals surface area contributed by atoms with Gasteiger partial charge in [0.25, 0.3) is 5.91 Å². The lowest BCUT2D eigenvalue weighted by Gasteiger charge is -2.40. The number of carbonyl (C=O) groups excluding carboxylic acids is 1. The first-order chi connectivity index (χ1) is 15.9. The maximum absolute atomic E-state index is 12.8. The second kappa shape index (κ2) is 8.59. The summed E-state index contributed by atoms with van der Waals surface area (Å²) in [4.78, 5) is 19.9. The lowest BCUT2D eigenvalue weighted by Crippen LogP contribution is -2.49. The number of ether oxygens (including phenoxy) is 1. The van der Waals surface area contributed by atoms with Crippen molar-refractivity contribution in [3.05, 3.63) is 65.5 Å². The molecule has 0 unspecified atom stereocenters. The molecule has 0 aliphatic carbocycles. The van der Waals surface area contributed by atoms with Crippen molar-refractivity contribution in [2.24, 2.45) is 0 Å². The van der Waals surface area contributed by atoms with Gasteiger partial charge in [0, 0.05) is 50.6 Å². The van der Waals surface area contributed by atoms with Gasteiger partial charge in [0.1, 0.15) is 17.2 Å². The Morgan fingerprint density at radius 2 is 1.91 bits per heavy atom. The molecule has 2 aliphatic heterocycles. The van der Waals surface area contributed by atoms with Crippen molar-refractivity contribution >= 4 is 5.91 Å². The summed E-state index contributed by atoms with van der Waals surface area (Å²) in [6.07, 6.45) is 2.35. The Kier molecular flexibility index (Phi) is 5.62. The molecule has 5 rings (SSSR count). The summed E-state index contributed by atoms with van der Waals surface area (Å²) >= 11 is 0. The summed E-state index contributed by atoms with van der Waals surface area (Å²) in [7, 11) is 0. The zero-order chi connectivity index (χ0) is 23.0. The van der Waals surface area contributed by atoms with E-state index in [-0.39, 0.29) is 17.6 Å². The molecule has 1 amide bonds. The predicted octanol–water partition coefficient (Wildman–Crippen LogP) is 3.08. The number of para-hydroxylation sites is 2. The SMILES string of the molecule is Cc1cccc(CN2CCC3(CC2)Cc2nnc(C(=O)NC(C)C)n2-c2ccccc2O3)n1. The van der Waals surface area contributed by atoms with E-state index in [1.54, 1.807) is 0 Å².